The minimum atomic E-state index is -0.168. The van der Waals surface area contributed by atoms with Crippen molar-refractivity contribution in [3.8, 4) is 16.9 Å². The fourth-order valence-corrected chi connectivity index (χ4v) is 5.76. The van der Waals surface area contributed by atoms with Gasteiger partial charge in [0.05, 0.1) is 28.2 Å². The molecule has 0 saturated carbocycles. The van der Waals surface area contributed by atoms with E-state index in [2.05, 4.69) is 34.3 Å². The van der Waals surface area contributed by atoms with E-state index in [1.807, 2.05) is 89.5 Å². The van der Waals surface area contributed by atoms with Crippen molar-refractivity contribution in [1.82, 2.24) is 14.0 Å². The Bertz CT molecular complexity index is 1670. The number of nitrogens with zero attached hydrogens (tertiary/aromatic N) is 5. The van der Waals surface area contributed by atoms with E-state index in [-0.39, 0.29) is 5.56 Å². The molecule has 0 aliphatic heterocycles. The van der Waals surface area contributed by atoms with Gasteiger partial charge in [0.1, 0.15) is 0 Å². The van der Waals surface area contributed by atoms with Gasteiger partial charge in [-0.1, -0.05) is 46.3 Å². The predicted octanol–water partition coefficient (Wildman–Crippen LogP) is 6.26. The number of halogens is 1. The van der Waals surface area contributed by atoms with Crippen molar-refractivity contribution in [2.45, 2.75) is 13.8 Å². The number of para-hydroxylation sites is 1. The first-order valence-electron chi connectivity index (χ1n) is 10.9. The van der Waals surface area contributed by atoms with Gasteiger partial charge in [0, 0.05) is 22.5 Å². The van der Waals surface area contributed by atoms with Crippen LogP contribution in [0.3, 0.4) is 0 Å². The van der Waals surface area contributed by atoms with Gasteiger partial charge in [-0.2, -0.15) is 5.10 Å². The molecule has 0 spiro atoms. The van der Waals surface area contributed by atoms with Gasteiger partial charge in [0.25, 0.3) is 5.56 Å². The monoisotopic (exact) mass is 563 g/mol. The lowest BCUT2D eigenvalue weighted by molar-refractivity contribution is 0.630. The van der Waals surface area contributed by atoms with Crippen molar-refractivity contribution in [3.63, 3.8) is 0 Å². The molecule has 0 bridgehead atoms. The van der Waals surface area contributed by atoms with Gasteiger partial charge in [-0.3, -0.25) is 9.48 Å². The fraction of sp³-hybridized carbons (Fsp3) is 0.115. The second-order valence-corrected chi connectivity index (χ2v) is 10.7. The van der Waals surface area contributed by atoms with E-state index in [1.165, 1.54) is 16.9 Å². The quantitative estimate of drug-likeness (QED) is 0.233. The molecule has 0 fully saturated rings. The summed E-state index contributed by atoms with van der Waals surface area (Å²) in [7, 11) is 1.87. The standard InChI is InChI=1S/C26H22BrN5OS2/c1-17-12-13-34-23(17)15-28-31-22(19-8-7-9-20(27)14-19)16-35-26(31)29-24-18(2)30(3)32(25(24)33)21-10-5-4-6-11-21/h4-16H,1-3H3. The zero-order valence-corrected chi connectivity index (χ0v) is 22.6. The van der Waals surface area contributed by atoms with E-state index in [0.717, 1.165) is 32.0 Å². The Morgan fingerprint density at radius 1 is 1.00 bits per heavy atom. The number of rotatable bonds is 5. The Morgan fingerprint density at radius 2 is 1.80 bits per heavy atom. The number of aromatic nitrogens is 3. The number of aryl methyl sites for hydroxylation is 1. The minimum absolute atomic E-state index is 0.168. The van der Waals surface area contributed by atoms with Crippen LogP contribution in [0, 0.1) is 13.8 Å². The van der Waals surface area contributed by atoms with Crippen LogP contribution >= 0.6 is 38.6 Å². The normalized spacial score (nSPS) is 12.2. The first kappa shape index (κ1) is 23.5. The lowest BCUT2D eigenvalue weighted by Gasteiger charge is -2.07. The van der Waals surface area contributed by atoms with E-state index in [1.54, 1.807) is 16.0 Å². The van der Waals surface area contributed by atoms with Crippen LogP contribution < -0.4 is 10.4 Å². The van der Waals surface area contributed by atoms with Crippen molar-refractivity contribution in [2.75, 3.05) is 0 Å². The second kappa shape index (κ2) is 9.77. The number of thiazole rings is 1. The summed E-state index contributed by atoms with van der Waals surface area (Å²) in [5.41, 5.74) is 4.88. The Hall–Kier alpha value is -3.27. The van der Waals surface area contributed by atoms with E-state index < -0.39 is 0 Å². The molecule has 9 heteroatoms. The molecular weight excluding hydrogens is 542 g/mol. The van der Waals surface area contributed by atoms with E-state index in [9.17, 15) is 4.79 Å². The summed E-state index contributed by atoms with van der Waals surface area (Å²) in [5, 5.41) is 8.88. The molecule has 0 saturated heterocycles. The molecule has 2 aromatic carbocycles. The topological polar surface area (TPSA) is 56.6 Å². The van der Waals surface area contributed by atoms with Gasteiger partial charge < -0.3 is 0 Å². The zero-order chi connectivity index (χ0) is 24.5. The Labute approximate surface area is 218 Å². The maximum atomic E-state index is 13.4. The van der Waals surface area contributed by atoms with Crippen LogP contribution in [0.4, 0.5) is 5.69 Å². The second-order valence-electron chi connectivity index (χ2n) is 7.96. The van der Waals surface area contributed by atoms with Crippen molar-refractivity contribution < 1.29 is 0 Å². The van der Waals surface area contributed by atoms with Crippen molar-refractivity contribution in [2.24, 2.45) is 17.1 Å². The lowest BCUT2D eigenvalue weighted by atomic mass is 10.2. The summed E-state index contributed by atoms with van der Waals surface area (Å²) >= 11 is 6.66. The van der Waals surface area contributed by atoms with Gasteiger partial charge in [0.15, 0.2) is 5.69 Å². The zero-order valence-electron chi connectivity index (χ0n) is 19.3. The molecule has 5 rings (SSSR count). The largest absolute Gasteiger partial charge is 0.297 e. The van der Waals surface area contributed by atoms with Crippen molar-refractivity contribution in [3.05, 3.63) is 107 Å². The van der Waals surface area contributed by atoms with Gasteiger partial charge in [-0.25, -0.2) is 14.4 Å². The molecule has 0 aliphatic carbocycles. The Balaban J connectivity index is 1.71. The van der Waals surface area contributed by atoms with Crippen LogP contribution in [0.15, 0.2) is 90.8 Å². The molecule has 5 aromatic rings. The number of hydrogen-bond acceptors (Lipinski definition) is 5. The minimum Gasteiger partial charge on any atom is -0.283 e. The molecule has 3 heterocycles. The third-order valence-electron chi connectivity index (χ3n) is 5.73. The summed E-state index contributed by atoms with van der Waals surface area (Å²) in [4.78, 5) is 20.0. The summed E-state index contributed by atoms with van der Waals surface area (Å²) in [5.74, 6) is 0. The third kappa shape index (κ3) is 4.54. The highest BCUT2D eigenvalue weighted by Gasteiger charge is 2.17. The maximum absolute atomic E-state index is 13.4. The highest BCUT2D eigenvalue weighted by atomic mass is 79.9. The smallest absolute Gasteiger partial charge is 0.283 e. The van der Waals surface area contributed by atoms with Gasteiger partial charge in [-0.05, 0) is 55.1 Å². The summed E-state index contributed by atoms with van der Waals surface area (Å²) in [6, 6.07) is 19.7. The fourth-order valence-electron chi connectivity index (χ4n) is 3.74. The molecule has 6 nitrogen and oxygen atoms in total. The average molecular weight is 565 g/mol. The highest BCUT2D eigenvalue weighted by Crippen LogP contribution is 2.25. The number of hydrogen-bond donors (Lipinski definition) is 0. The third-order valence-corrected chi connectivity index (χ3v) is 7.99. The van der Waals surface area contributed by atoms with Crippen LogP contribution in [-0.4, -0.2) is 20.3 Å². The summed E-state index contributed by atoms with van der Waals surface area (Å²) < 4.78 is 6.26. The molecule has 0 N–H and O–H groups in total. The lowest BCUT2D eigenvalue weighted by Crippen LogP contribution is -2.19. The molecule has 35 heavy (non-hydrogen) atoms. The van der Waals surface area contributed by atoms with Crippen LogP contribution in [0.2, 0.25) is 0 Å². The molecule has 0 atom stereocenters. The van der Waals surface area contributed by atoms with Gasteiger partial charge >= 0.3 is 0 Å². The van der Waals surface area contributed by atoms with Crippen LogP contribution in [0.25, 0.3) is 16.9 Å². The summed E-state index contributed by atoms with van der Waals surface area (Å²) in [6.07, 6.45) is 1.85. The maximum Gasteiger partial charge on any atom is 0.297 e. The van der Waals surface area contributed by atoms with E-state index >= 15 is 0 Å². The molecule has 0 aliphatic rings. The van der Waals surface area contributed by atoms with Gasteiger partial charge in [-0.15, -0.1) is 22.7 Å². The molecule has 0 radical (unpaired) electrons. The summed E-state index contributed by atoms with van der Waals surface area (Å²) in [6.45, 7) is 3.97. The SMILES string of the molecule is Cc1ccsc1C=Nn1c(-c2cccc(Br)c2)csc1=Nc1c(C)n(C)n(-c2ccccc2)c1=O. The number of thiophene rings is 1. The average Bonchev–Trinajstić information content (AvgIpc) is 3.51. The van der Waals surface area contributed by atoms with E-state index in [0.29, 0.717) is 10.5 Å². The van der Waals surface area contributed by atoms with E-state index in [4.69, 9.17) is 10.1 Å². The molecule has 176 valence electrons. The van der Waals surface area contributed by atoms with Crippen LogP contribution in [-0.2, 0) is 7.05 Å². The molecule has 0 unspecified atom stereocenters. The molecule has 3 aromatic heterocycles. The first-order valence-corrected chi connectivity index (χ1v) is 13.4. The molecule has 0 amide bonds. The molecular formula is C26H22BrN5OS2. The van der Waals surface area contributed by atoms with Gasteiger partial charge in [0.2, 0.25) is 4.80 Å². The predicted molar refractivity (Wildman–Crippen MR) is 148 cm³/mol. The Kier molecular flexibility index (Phi) is 6.55. The Morgan fingerprint density at radius 3 is 2.51 bits per heavy atom. The number of benzene rings is 2. The van der Waals surface area contributed by atoms with Crippen molar-refractivity contribution in [1.29, 1.82) is 0 Å². The first-order chi connectivity index (χ1) is 16.9. The van der Waals surface area contributed by atoms with Crippen LogP contribution in [0.1, 0.15) is 16.1 Å². The van der Waals surface area contributed by atoms with Crippen LogP contribution in [0.5, 0.6) is 0 Å². The highest BCUT2D eigenvalue weighted by molar-refractivity contribution is 9.10. The van der Waals surface area contributed by atoms with Crippen molar-refractivity contribution >= 4 is 50.5 Å².